The van der Waals surface area contributed by atoms with Crippen molar-refractivity contribution in [3.8, 4) is 0 Å². The van der Waals surface area contributed by atoms with Crippen molar-refractivity contribution in [2.75, 3.05) is 0 Å². The van der Waals surface area contributed by atoms with Gasteiger partial charge in [-0.25, -0.2) is 4.98 Å². The van der Waals surface area contributed by atoms with Gasteiger partial charge in [0.1, 0.15) is 11.6 Å². The van der Waals surface area contributed by atoms with Crippen LogP contribution in [0.3, 0.4) is 0 Å². The third-order valence-corrected chi connectivity index (χ3v) is 3.13. The quantitative estimate of drug-likeness (QED) is 0.575. The molecule has 2 aromatic rings. The first-order valence-corrected chi connectivity index (χ1v) is 6.32. The molecule has 0 saturated heterocycles. The predicted molar refractivity (Wildman–Crippen MR) is 69.7 cm³/mol. The number of rotatable bonds is 7. The molecular formula is C13H20N4O. The smallest absolute Gasteiger partial charge is 0.110 e. The molecule has 5 heteroatoms. The van der Waals surface area contributed by atoms with E-state index < -0.39 is 0 Å². The van der Waals surface area contributed by atoms with Crippen LogP contribution >= 0.6 is 0 Å². The molecule has 0 aromatic carbocycles. The molecule has 0 spiro atoms. The molecule has 0 saturated carbocycles. The number of aromatic nitrogens is 2. The van der Waals surface area contributed by atoms with Crippen LogP contribution in [0.4, 0.5) is 0 Å². The van der Waals surface area contributed by atoms with Gasteiger partial charge in [0.25, 0.3) is 0 Å². The first-order chi connectivity index (χ1) is 8.83. The van der Waals surface area contributed by atoms with Crippen LogP contribution in [-0.2, 0) is 19.4 Å². The fourth-order valence-electron chi connectivity index (χ4n) is 2.05. The van der Waals surface area contributed by atoms with Crippen molar-refractivity contribution >= 4 is 0 Å². The highest BCUT2D eigenvalue weighted by Crippen LogP contribution is 2.09. The van der Waals surface area contributed by atoms with Crippen LogP contribution in [0.5, 0.6) is 0 Å². The molecule has 0 aliphatic rings. The lowest BCUT2D eigenvalue weighted by Gasteiger charge is -2.15. The number of aryl methyl sites for hydroxylation is 2. The number of nitrogens with zero attached hydrogens (tertiary/aromatic N) is 2. The van der Waals surface area contributed by atoms with E-state index in [0.29, 0.717) is 0 Å². The maximum atomic E-state index is 5.60. The van der Waals surface area contributed by atoms with Crippen LogP contribution in [-0.4, -0.2) is 15.6 Å². The Morgan fingerprint density at radius 3 is 3.11 bits per heavy atom. The Morgan fingerprint density at radius 1 is 1.56 bits per heavy atom. The number of nitrogens with two attached hydrogens (primary N) is 1. The molecular weight excluding hydrogens is 228 g/mol. The molecule has 0 fully saturated rings. The summed E-state index contributed by atoms with van der Waals surface area (Å²) < 4.78 is 7.46. The van der Waals surface area contributed by atoms with Crippen molar-refractivity contribution in [2.24, 2.45) is 5.84 Å². The maximum absolute atomic E-state index is 5.60. The average Bonchev–Trinajstić information content (AvgIpc) is 3.05. The van der Waals surface area contributed by atoms with Crippen molar-refractivity contribution < 1.29 is 4.42 Å². The predicted octanol–water partition coefficient (Wildman–Crippen LogP) is 1.50. The lowest BCUT2D eigenvalue weighted by molar-refractivity contribution is 0.438. The fourth-order valence-corrected chi connectivity index (χ4v) is 2.05. The van der Waals surface area contributed by atoms with E-state index in [0.717, 1.165) is 37.4 Å². The van der Waals surface area contributed by atoms with E-state index in [-0.39, 0.29) is 6.04 Å². The van der Waals surface area contributed by atoms with E-state index in [2.05, 4.69) is 21.9 Å². The van der Waals surface area contributed by atoms with Gasteiger partial charge < -0.3 is 8.98 Å². The minimum absolute atomic E-state index is 0.211. The Hall–Kier alpha value is -1.59. The lowest BCUT2D eigenvalue weighted by atomic mass is 10.1. The molecule has 0 aliphatic heterocycles. The summed E-state index contributed by atoms with van der Waals surface area (Å²) in [5, 5.41) is 0. The number of hydrogen-bond acceptors (Lipinski definition) is 4. The van der Waals surface area contributed by atoms with E-state index in [1.165, 1.54) is 0 Å². The third-order valence-electron chi connectivity index (χ3n) is 3.13. The van der Waals surface area contributed by atoms with Gasteiger partial charge in [-0.1, -0.05) is 0 Å². The van der Waals surface area contributed by atoms with Gasteiger partial charge in [0, 0.05) is 37.8 Å². The minimum Gasteiger partial charge on any atom is -0.469 e. The highest BCUT2D eigenvalue weighted by molar-refractivity contribution is 5.00. The SMILES string of the molecule is CCn1ccnc1CC(CCc1ccco1)NN. The second-order valence-electron chi connectivity index (χ2n) is 4.32. The van der Waals surface area contributed by atoms with Gasteiger partial charge in [-0.3, -0.25) is 11.3 Å². The van der Waals surface area contributed by atoms with Crippen LogP contribution < -0.4 is 11.3 Å². The van der Waals surface area contributed by atoms with Gasteiger partial charge in [-0.15, -0.1) is 0 Å². The molecule has 0 bridgehead atoms. The molecule has 0 amide bonds. The largest absolute Gasteiger partial charge is 0.469 e. The monoisotopic (exact) mass is 248 g/mol. The van der Waals surface area contributed by atoms with Gasteiger partial charge in [-0.2, -0.15) is 0 Å². The van der Waals surface area contributed by atoms with Gasteiger partial charge in [0.2, 0.25) is 0 Å². The first-order valence-electron chi connectivity index (χ1n) is 6.32. The molecule has 0 aliphatic carbocycles. The maximum Gasteiger partial charge on any atom is 0.110 e. The first kappa shape index (κ1) is 12.9. The Labute approximate surface area is 107 Å². The van der Waals surface area contributed by atoms with Crippen LogP contribution in [0.25, 0.3) is 0 Å². The van der Waals surface area contributed by atoms with Crippen LogP contribution in [0.1, 0.15) is 24.9 Å². The van der Waals surface area contributed by atoms with Gasteiger partial charge >= 0.3 is 0 Å². The second kappa shape index (κ2) is 6.37. The average molecular weight is 248 g/mol. The van der Waals surface area contributed by atoms with Gasteiger partial charge in [-0.05, 0) is 25.5 Å². The van der Waals surface area contributed by atoms with Crippen LogP contribution in [0, 0.1) is 0 Å². The molecule has 98 valence electrons. The van der Waals surface area contributed by atoms with E-state index in [4.69, 9.17) is 10.3 Å². The Kier molecular flexibility index (Phi) is 4.55. The summed E-state index contributed by atoms with van der Waals surface area (Å²) in [6, 6.07) is 4.10. The summed E-state index contributed by atoms with van der Waals surface area (Å²) in [4.78, 5) is 4.36. The zero-order valence-electron chi connectivity index (χ0n) is 10.7. The number of hydrazine groups is 1. The minimum atomic E-state index is 0.211. The molecule has 2 aromatic heterocycles. The van der Waals surface area contributed by atoms with Crippen molar-refractivity contribution in [3.05, 3.63) is 42.4 Å². The zero-order valence-corrected chi connectivity index (χ0v) is 10.7. The standard InChI is InChI=1S/C13H20N4O/c1-2-17-8-7-15-13(17)10-11(16-14)5-6-12-4-3-9-18-12/h3-4,7-9,11,16H,2,5-6,10,14H2,1H3. The summed E-state index contributed by atoms with van der Waals surface area (Å²) in [5.74, 6) is 7.67. The van der Waals surface area contributed by atoms with E-state index in [1.807, 2.05) is 24.5 Å². The molecule has 2 rings (SSSR count). The molecule has 1 atom stereocenters. The Bertz CT molecular complexity index is 449. The van der Waals surface area contributed by atoms with Crippen molar-refractivity contribution in [2.45, 2.75) is 38.8 Å². The number of imidazole rings is 1. The number of hydrogen-bond donors (Lipinski definition) is 2. The van der Waals surface area contributed by atoms with Crippen molar-refractivity contribution in [3.63, 3.8) is 0 Å². The normalized spacial score (nSPS) is 12.8. The van der Waals surface area contributed by atoms with E-state index in [9.17, 15) is 0 Å². The molecule has 0 radical (unpaired) electrons. The number of nitrogens with one attached hydrogen (secondary N) is 1. The molecule has 18 heavy (non-hydrogen) atoms. The van der Waals surface area contributed by atoms with Crippen molar-refractivity contribution in [1.82, 2.24) is 15.0 Å². The Morgan fingerprint density at radius 2 is 2.44 bits per heavy atom. The topological polar surface area (TPSA) is 69.0 Å². The molecule has 2 heterocycles. The van der Waals surface area contributed by atoms with E-state index in [1.54, 1.807) is 6.26 Å². The van der Waals surface area contributed by atoms with Gasteiger partial charge in [0.05, 0.1) is 6.26 Å². The van der Waals surface area contributed by atoms with Crippen LogP contribution in [0.2, 0.25) is 0 Å². The second-order valence-corrected chi connectivity index (χ2v) is 4.32. The lowest BCUT2D eigenvalue weighted by Crippen LogP contribution is -2.37. The number of furan rings is 1. The fraction of sp³-hybridized carbons (Fsp3) is 0.462. The zero-order chi connectivity index (χ0) is 12.8. The molecule has 5 nitrogen and oxygen atoms in total. The molecule has 1 unspecified atom stereocenters. The van der Waals surface area contributed by atoms with E-state index >= 15 is 0 Å². The highest BCUT2D eigenvalue weighted by Gasteiger charge is 2.12. The summed E-state index contributed by atoms with van der Waals surface area (Å²) in [5.41, 5.74) is 2.86. The van der Waals surface area contributed by atoms with Gasteiger partial charge in [0.15, 0.2) is 0 Å². The summed E-state index contributed by atoms with van der Waals surface area (Å²) >= 11 is 0. The summed E-state index contributed by atoms with van der Waals surface area (Å²) in [6.07, 6.45) is 8.17. The highest BCUT2D eigenvalue weighted by atomic mass is 16.3. The van der Waals surface area contributed by atoms with Crippen LogP contribution in [0.15, 0.2) is 35.2 Å². The third kappa shape index (κ3) is 3.21. The summed E-state index contributed by atoms with van der Waals surface area (Å²) in [7, 11) is 0. The summed E-state index contributed by atoms with van der Waals surface area (Å²) in [6.45, 7) is 3.05. The molecule has 3 N–H and O–H groups in total. The van der Waals surface area contributed by atoms with Crippen molar-refractivity contribution in [1.29, 1.82) is 0 Å². The Balaban J connectivity index is 1.89.